The Hall–Kier alpha value is -2.89. The van der Waals surface area contributed by atoms with Crippen molar-refractivity contribution in [3.63, 3.8) is 0 Å². The Kier molecular flexibility index (Phi) is 5.30. The van der Waals surface area contributed by atoms with Crippen LogP contribution in [0.5, 0.6) is 0 Å². The summed E-state index contributed by atoms with van der Waals surface area (Å²) in [7, 11) is 0. The second-order valence-electron chi connectivity index (χ2n) is 4.99. The highest BCUT2D eigenvalue weighted by molar-refractivity contribution is 5.88. The van der Waals surface area contributed by atoms with Gasteiger partial charge in [0, 0.05) is 39.2 Å². The number of diazo groups is 1. The lowest BCUT2D eigenvalue weighted by molar-refractivity contribution is -0.114. The third-order valence-corrected chi connectivity index (χ3v) is 3.37. The molecule has 0 saturated carbocycles. The van der Waals surface area contributed by atoms with Crippen molar-refractivity contribution in [3.05, 3.63) is 17.1 Å². The molecule has 0 aromatic carbocycles. The molecule has 0 spiro atoms. The highest BCUT2D eigenvalue weighted by Gasteiger charge is 2.28. The summed E-state index contributed by atoms with van der Waals surface area (Å²) in [5.41, 5.74) is 0.309. The van der Waals surface area contributed by atoms with Gasteiger partial charge in [-0.3, -0.25) is 4.79 Å². The number of nitrogens with zero attached hydrogens (tertiary/aromatic N) is 5. The fourth-order valence-electron chi connectivity index (χ4n) is 2.32. The largest absolute Gasteiger partial charge is 0.450 e. The number of ether oxygens (including phenoxy) is 1. The number of amides is 2. The lowest BCUT2D eigenvalue weighted by Gasteiger charge is -2.33. The summed E-state index contributed by atoms with van der Waals surface area (Å²) in [6.45, 7) is 5.51. The maximum absolute atomic E-state index is 11.7. The molecule has 0 aliphatic carbocycles. The van der Waals surface area contributed by atoms with Gasteiger partial charge in [-0.2, -0.15) is 0 Å². The Morgan fingerprint density at radius 1 is 1.35 bits per heavy atom. The zero-order valence-electron chi connectivity index (χ0n) is 13.2. The molecule has 0 atom stereocenters. The van der Waals surface area contributed by atoms with E-state index in [-0.39, 0.29) is 12.0 Å². The quantitative estimate of drug-likeness (QED) is 0.852. The molecule has 2 amide bonds. The average molecular weight is 319 g/mol. The van der Waals surface area contributed by atoms with Crippen LogP contribution in [0.1, 0.15) is 13.8 Å². The van der Waals surface area contributed by atoms with E-state index in [0.717, 1.165) is 0 Å². The van der Waals surface area contributed by atoms with Gasteiger partial charge >= 0.3 is 11.8 Å². The molecule has 1 aliphatic heterocycles. The fraction of sp³-hybridized carbons (Fsp3) is 0.500. The van der Waals surface area contributed by atoms with Crippen molar-refractivity contribution in [1.29, 1.82) is 5.39 Å². The normalized spacial score (nSPS) is 14.1. The Balaban J connectivity index is 2.11. The van der Waals surface area contributed by atoms with Crippen LogP contribution in [0, 0.1) is 5.39 Å². The lowest BCUT2D eigenvalue weighted by atomic mass is 10.3. The van der Waals surface area contributed by atoms with Crippen LogP contribution in [0.2, 0.25) is 0 Å². The third-order valence-electron chi connectivity index (χ3n) is 3.37. The number of hydrogen-bond donors (Lipinski definition) is 1. The summed E-state index contributed by atoms with van der Waals surface area (Å²) in [6, 6.07) is 3.14. The predicted octanol–water partition coefficient (Wildman–Crippen LogP) is 1.80. The number of piperazine rings is 1. The van der Waals surface area contributed by atoms with E-state index in [0.29, 0.717) is 50.1 Å². The number of carbonyl (C=O) groups excluding carboxylic acids is 2. The van der Waals surface area contributed by atoms with Gasteiger partial charge in [0.25, 0.3) is 0 Å². The van der Waals surface area contributed by atoms with Crippen LogP contribution in [0.3, 0.4) is 0 Å². The molecule has 0 bridgehead atoms. The van der Waals surface area contributed by atoms with Crippen molar-refractivity contribution in [2.45, 2.75) is 13.8 Å². The second kappa shape index (κ2) is 7.40. The first-order chi connectivity index (χ1) is 11.0. The fourth-order valence-corrected chi connectivity index (χ4v) is 2.32. The summed E-state index contributed by atoms with van der Waals surface area (Å²) in [5.74, 6) is 0.610. The predicted molar refractivity (Wildman–Crippen MR) is 84.1 cm³/mol. The summed E-state index contributed by atoms with van der Waals surface area (Å²) >= 11 is 0. The molecule has 122 valence electrons. The summed E-state index contributed by atoms with van der Waals surface area (Å²) < 4.78 is 4.98. The molecule has 0 radical (unpaired) electrons. The minimum Gasteiger partial charge on any atom is -0.450 e. The second-order valence-corrected chi connectivity index (χ2v) is 4.99. The number of pyridine rings is 1. The smallest absolute Gasteiger partial charge is 0.427 e. The number of rotatable bonds is 3. The topological polar surface area (TPSA) is 103 Å². The van der Waals surface area contributed by atoms with Crippen LogP contribution >= 0.6 is 0 Å². The molecular formula is C14H19N6O3+. The van der Waals surface area contributed by atoms with Gasteiger partial charge in [-0.15, -0.1) is 0 Å². The number of anilines is 2. The highest BCUT2D eigenvalue weighted by atomic mass is 16.6. The van der Waals surface area contributed by atoms with Gasteiger partial charge in [0.05, 0.1) is 6.61 Å². The van der Waals surface area contributed by atoms with Crippen LogP contribution in [0.15, 0.2) is 12.1 Å². The maximum Gasteiger partial charge on any atom is 0.427 e. The van der Waals surface area contributed by atoms with Gasteiger partial charge in [0.15, 0.2) is 4.98 Å². The summed E-state index contributed by atoms with van der Waals surface area (Å²) in [6.07, 6.45) is -0.334. The number of carbonyl (C=O) groups is 2. The highest BCUT2D eigenvalue weighted by Crippen LogP contribution is 2.29. The van der Waals surface area contributed by atoms with Crippen LogP contribution in [-0.2, 0) is 9.53 Å². The van der Waals surface area contributed by atoms with Crippen LogP contribution in [0.4, 0.5) is 22.1 Å². The van der Waals surface area contributed by atoms with E-state index in [1.807, 2.05) is 4.90 Å². The number of aromatic nitrogens is 1. The molecule has 1 saturated heterocycles. The molecule has 1 N–H and O–H groups in total. The molecule has 2 rings (SSSR count). The van der Waals surface area contributed by atoms with E-state index in [1.54, 1.807) is 24.0 Å². The molecule has 9 nitrogen and oxygen atoms in total. The van der Waals surface area contributed by atoms with E-state index in [2.05, 4.69) is 15.3 Å². The molecule has 1 fully saturated rings. The van der Waals surface area contributed by atoms with Crippen LogP contribution < -0.4 is 10.2 Å². The molecule has 2 heterocycles. The van der Waals surface area contributed by atoms with Gasteiger partial charge < -0.3 is 19.9 Å². The number of hydrogen-bond acceptors (Lipinski definition) is 6. The maximum atomic E-state index is 11.7. The van der Waals surface area contributed by atoms with E-state index < -0.39 is 0 Å². The van der Waals surface area contributed by atoms with Crippen LogP contribution in [-0.4, -0.2) is 54.7 Å². The summed E-state index contributed by atoms with van der Waals surface area (Å²) in [5, 5.41) is 11.7. The minimum atomic E-state index is -0.334. The molecule has 1 aromatic heterocycles. The summed E-state index contributed by atoms with van der Waals surface area (Å²) in [4.78, 5) is 33.9. The van der Waals surface area contributed by atoms with Crippen molar-refractivity contribution < 1.29 is 14.3 Å². The van der Waals surface area contributed by atoms with Crippen molar-refractivity contribution >= 4 is 29.3 Å². The third kappa shape index (κ3) is 4.06. The zero-order valence-corrected chi connectivity index (χ0v) is 13.2. The van der Waals surface area contributed by atoms with Crippen molar-refractivity contribution in [3.8, 4) is 0 Å². The van der Waals surface area contributed by atoms with Gasteiger partial charge in [-0.05, 0) is 13.0 Å². The molecular weight excluding hydrogens is 300 g/mol. The first-order valence-electron chi connectivity index (χ1n) is 7.35. The van der Waals surface area contributed by atoms with E-state index in [1.165, 1.54) is 6.92 Å². The van der Waals surface area contributed by atoms with Gasteiger partial charge in [0.1, 0.15) is 5.82 Å². The van der Waals surface area contributed by atoms with E-state index in [9.17, 15) is 9.59 Å². The Labute approximate surface area is 133 Å². The Bertz CT molecular complexity index is 634. The van der Waals surface area contributed by atoms with Gasteiger partial charge in [-0.25, -0.2) is 9.78 Å². The molecule has 9 heteroatoms. The standard InChI is InChI=1S/C14H18N6O3/c1-3-23-14(22)20-8-6-19(7-9-20)13-11(18-15)4-5-12(17-13)16-10(2)21/h4-5H,3,6-9H2,1-2H3/p+1. The first kappa shape index (κ1) is 16.5. The van der Waals surface area contributed by atoms with Crippen molar-refractivity contribution in [2.24, 2.45) is 0 Å². The molecule has 1 aliphatic rings. The lowest BCUT2D eigenvalue weighted by Crippen LogP contribution is -2.49. The van der Waals surface area contributed by atoms with E-state index >= 15 is 0 Å². The minimum absolute atomic E-state index is 0.232. The van der Waals surface area contributed by atoms with Gasteiger partial charge in [-0.1, -0.05) is 0 Å². The van der Waals surface area contributed by atoms with Crippen molar-refractivity contribution in [2.75, 3.05) is 43.0 Å². The molecule has 1 aromatic rings. The van der Waals surface area contributed by atoms with Gasteiger partial charge in [0.2, 0.25) is 17.1 Å². The Morgan fingerprint density at radius 3 is 2.61 bits per heavy atom. The number of nitrogens with one attached hydrogen (secondary N) is 1. The molecule has 0 unspecified atom stereocenters. The van der Waals surface area contributed by atoms with Crippen LogP contribution in [0.25, 0.3) is 4.98 Å². The zero-order chi connectivity index (χ0) is 16.8. The average Bonchev–Trinajstić information content (AvgIpc) is 2.54. The first-order valence-corrected chi connectivity index (χ1v) is 7.35. The van der Waals surface area contributed by atoms with E-state index in [4.69, 9.17) is 10.1 Å². The SMILES string of the molecule is CCOC(=O)N1CCN(c2nc(NC(C)=O)ccc2[N+]#N)CC1. The van der Waals surface area contributed by atoms with Crippen molar-refractivity contribution in [1.82, 2.24) is 9.88 Å². The monoisotopic (exact) mass is 319 g/mol. The molecule has 23 heavy (non-hydrogen) atoms. The Morgan fingerprint density at radius 2 is 2.04 bits per heavy atom.